The Balaban J connectivity index is 0.00000156. The summed E-state index contributed by atoms with van der Waals surface area (Å²) in [7, 11) is 1.83. The van der Waals surface area contributed by atoms with Crippen molar-refractivity contribution < 1.29 is 4.74 Å². The van der Waals surface area contributed by atoms with Gasteiger partial charge in [-0.25, -0.2) is 0 Å². The smallest absolute Gasteiger partial charge is 0.191 e. The molecule has 4 nitrogen and oxygen atoms in total. The molecule has 1 saturated carbocycles. The molecule has 2 N–H and O–H groups in total. The number of hydrogen-bond acceptors (Lipinski definition) is 2. The van der Waals surface area contributed by atoms with Crippen molar-refractivity contribution in [1.82, 2.24) is 10.6 Å². The summed E-state index contributed by atoms with van der Waals surface area (Å²) in [4.78, 5) is 4.37. The van der Waals surface area contributed by atoms with Gasteiger partial charge in [-0.15, -0.1) is 24.0 Å². The zero-order valence-corrected chi connectivity index (χ0v) is 16.3. The Morgan fingerprint density at radius 1 is 1.22 bits per heavy atom. The normalized spacial score (nSPS) is 34.9. The molecule has 2 heterocycles. The molecule has 6 heteroatoms. The van der Waals surface area contributed by atoms with Crippen molar-refractivity contribution in [2.75, 3.05) is 7.05 Å². The van der Waals surface area contributed by atoms with E-state index in [0.717, 1.165) is 23.8 Å². The van der Waals surface area contributed by atoms with Crippen molar-refractivity contribution in [2.45, 2.75) is 55.9 Å². The standard InChI is InChI=1S/C17H22ClN3O.HI/c1-19-17(21-15-8-12-5-6-16(15)22-12)20-14-9-13(14)10-3-2-4-11(18)7-10;/h2-4,7,12-16H,5-6,8-9H2,1H3,(H2,19,20,21);1H. The molecule has 0 amide bonds. The van der Waals surface area contributed by atoms with E-state index >= 15 is 0 Å². The minimum atomic E-state index is 0. The average Bonchev–Trinajstić information content (AvgIpc) is 2.97. The van der Waals surface area contributed by atoms with Crippen LogP contribution in [0, 0.1) is 0 Å². The van der Waals surface area contributed by atoms with E-state index in [1.54, 1.807) is 0 Å². The van der Waals surface area contributed by atoms with Gasteiger partial charge in [0.1, 0.15) is 0 Å². The Morgan fingerprint density at radius 2 is 2.04 bits per heavy atom. The molecule has 3 fully saturated rings. The molecular formula is C17H23ClIN3O. The number of ether oxygens (including phenoxy) is 1. The summed E-state index contributed by atoms with van der Waals surface area (Å²) in [5.74, 6) is 1.43. The molecule has 2 bridgehead atoms. The third kappa shape index (κ3) is 3.77. The first-order valence-corrected chi connectivity index (χ1v) is 8.51. The van der Waals surface area contributed by atoms with E-state index in [0.29, 0.717) is 30.2 Å². The van der Waals surface area contributed by atoms with Crippen LogP contribution in [0.5, 0.6) is 0 Å². The molecular weight excluding hydrogens is 425 g/mol. The van der Waals surface area contributed by atoms with Gasteiger partial charge in [0.05, 0.1) is 18.2 Å². The Labute approximate surface area is 159 Å². The lowest BCUT2D eigenvalue weighted by Crippen LogP contribution is -2.48. The van der Waals surface area contributed by atoms with Crippen LogP contribution in [-0.2, 0) is 4.74 Å². The van der Waals surface area contributed by atoms with Gasteiger partial charge in [0.2, 0.25) is 0 Å². The largest absolute Gasteiger partial charge is 0.373 e. The second-order valence-electron chi connectivity index (χ2n) is 6.58. The van der Waals surface area contributed by atoms with Crippen molar-refractivity contribution in [3.8, 4) is 0 Å². The summed E-state index contributed by atoms with van der Waals surface area (Å²) in [6.45, 7) is 0. The van der Waals surface area contributed by atoms with Gasteiger partial charge in [-0.05, 0) is 43.4 Å². The van der Waals surface area contributed by atoms with Crippen LogP contribution in [-0.4, -0.2) is 37.3 Å². The van der Waals surface area contributed by atoms with E-state index in [-0.39, 0.29) is 24.0 Å². The van der Waals surface area contributed by atoms with Crippen LogP contribution >= 0.6 is 35.6 Å². The summed E-state index contributed by atoms with van der Waals surface area (Å²) >= 11 is 6.08. The third-order valence-corrected chi connectivity index (χ3v) is 5.28. The molecule has 126 valence electrons. The number of hydrogen-bond donors (Lipinski definition) is 2. The highest BCUT2D eigenvalue weighted by atomic mass is 127. The molecule has 1 aromatic carbocycles. The summed E-state index contributed by atoms with van der Waals surface area (Å²) in [6.07, 6.45) is 5.46. The number of rotatable bonds is 3. The van der Waals surface area contributed by atoms with Crippen molar-refractivity contribution in [1.29, 1.82) is 0 Å². The van der Waals surface area contributed by atoms with Crippen molar-refractivity contribution in [3.05, 3.63) is 34.9 Å². The lowest BCUT2D eigenvalue weighted by Gasteiger charge is -2.22. The second-order valence-corrected chi connectivity index (χ2v) is 7.02. The number of fused-ring (bicyclic) bond motifs is 2. The summed E-state index contributed by atoms with van der Waals surface area (Å²) in [5, 5.41) is 7.88. The zero-order valence-electron chi connectivity index (χ0n) is 13.2. The van der Waals surface area contributed by atoms with Gasteiger partial charge in [0.15, 0.2) is 5.96 Å². The van der Waals surface area contributed by atoms with E-state index in [9.17, 15) is 0 Å². The molecule has 23 heavy (non-hydrogen) atoms. The average molecular weight is 448 g/mol. The lowest BCUT2D eigenvalue weighted by atomic mass is 9.96. The first-order chi connectivity index (χ1) is 10.7. The van der Waals surface area contributed by atoms with Gasteiger partial charge in [-0.2, -0.15) is 0 Å². The number of nitrogens with one attached hydrogen (secondary N) is 2. The van der Waals surface area contributed by atoms with E-state index in [1.165, 1.54) is 18.4 Å². The first-order valence-electron chi connectivity index (χ1n) is 8.13. The van der Waals surface area contributed by atoms with Crippen LogP contribution in [0.1, 0.15) is 37.2 Å². The summed E-state index contributed by atoms with van der Waals surface area (Å²) in [5.41, 5.74) is 1.31. The quantitative estimate of drug-likeness (QED) is 0.425. The van der Waals surface area contributed by atoms with Crippen molar-refractivity contribution in [3.63, 3.8) is 0 Å². The van der Waals surface area contributed by atoms with Crippen LogP contribution in [0.25, 0.3) is 0 Å². The predicted octanol–water partition coefficient (Wildman–Crippen LogP) is 3.30. The zero-order chi connectivity index (χ0) is 15.1. The molecule has 1 aliphatic carbocycles. The number of halogens is 2. The maximum Gasteiger partial charge on any atom is 0.191 e. The Kier molecular flexibility index (Phi) is 5.38. The Bertz CT molecular complexity index is 597. The molecule has 5 atom stereocenters. The maximum atomic E-state index is 6.08. The van der Waals surface area contributed by atoms with Gasteiger partial charge in [0, 0.05) is 24.0 Å². The molecule has 3 aliphatic rings. The monoisotopic (exact) mass is 447 g/mol. The molecule has 4 rings (SSSR count). The Morgan fingerprint density at radius 3 is 2.70 bits per heavy atom. The third-order valence-electron chi connectivity index (χ3n) is 5.04. The van der Waals surface area contributed by atoms with E-state index < -0.39 is 0 Å². The fraction of sp³-hybridized carbons (Fsp3) is 0.588. The highest BCUT2D eigenvalue weighted by Crippen LogP contribution is 2.41. The topological polar surface area (TPSA) is 45.7 Å². The van der Waals surface area contributed by atoms with Gasteiger partial charge in [-0.3, -0.25) is 4.99 Å². The van der Waals surface area contributed by atoms with Crippen LogP contribution in [0.2, 0.25) is 5.02 Å². The highest BCUT2D eigenvalue weighted by Gasteiger charge is 2.43. The first kappa shape index (κ1) is 17.3. The maximum absolute atomic E-state index is 6.08. The minimum absolute atomic E-state index is 0. The number of guanidine groups is 1. The van der Waals surface area contributed by atoms with Gasteiger partial charge in [0.25, 0.3) is 0 Å². The van der Waals surface area contributed by atoms with Gasteiger partial charge in [-0.1, -0.05) is 23.7 Å². The molecule has 2 aliphatic heterocycles. The van der Waals surface area contributed by atoms with E-state index in [4.69, 9.17) is 16.3 Å². The van der Waals surface area contributed by atoms with Crippen LogP contribution < -0.4 is 10.6 Å². The molecule has 0 spiro atoms. The SMILES string of the molecule is CN=C(NC1CC2CCC1O2)NC1CC1c1cccc(Cl)c1.I. The highest BCUT2D eigenvalue weighted by molar-refractivity contribution is 14.0. The van der Waals surface area contributed by atoms with Crippen molar-refractivity contribution >= 4 is 41.5 Å². The fourth-order valence-electron chi connectivity index (χ4n) is 3.77. The van der Waals surface area contributed by atoms with Crippen LogP contribution in [0.3, 0.4) is 0 Å². The number of nitrogens with zero attached hydrogens (tertiary/aromatic N) is 1. The van der Waals surface area contributed by atoms with Gasteiger partial charge >= 0.3 is 0 Å². The van der Waals surface area contributed by atoms with Crippen LogP contribution in [0.15, 0.2) is 29.3 Å². The molecule has 2 saturated heterocycles. The minimum Gasteiger partial charge on any atom is -0.373 e. The van der Waals surface area contributed by atoms with E-state index in [1.807, 2.05) is 19.2 Å². The van der Waals surface area contributed by atoms with Crippen LogP contribution in [0.4, 0.5) is 0 Å². The predicted molar refractivity (Wildman–Crippen MR) is 104 cm³/mol. The van der Waals surface area contributed by atoms with Crippen molar-refractivity contribution in [2.24, 2.45) is 4.99 Å². The number of benzene rings is 1. The lowest BCUT2D eigenvalue weighted by molar-refractivity contribution is 0.0992. The van der Waals surface area contributed by atoms with Gasteiger partial charge < -0.3 is 15.4 Å². The second kappa shape index (κ2) is 7.15. The molecule has 0 radical (unpaired) electrons. The molecule has 0 aromatic heterocycles. The van der Waals surface area contributed by atoms with E-state index in [2.05, 4.69) is 27.8 Å². The fourth-order valence-corrected chi connectivity index (χ4v) is 3.97. The summed E-state index contributed by atoms with van der Waals surface area (Å²) < 4.78 is 5.89. The molecule has 1 aromatic rings. The summed E-state index contributed by atoms with van der Waals surface area (Å²) in [6, 6.07) is 9.02. The molecule has 5 unspecified atom stereocenters. The Hall–Kier alpha value is -0.530. The number of aliphatic imine (C=N–C) groups is 1.